The normalized spacial score (nSPS) is 10.4. The largest absolute Gasteiger partial charge is 0.385 e. The summed E-state index contributed by atoms with van der Waals surface area (Å²) >= 11 is 0. The van der Waals surface area contributed by atoms with E-state index in [1.807, 2.05) is 39.2 Å². The Morgan fingerprint density at radius 1 is 0.963 bits per heavy atom. The maximum absolute atomic E-state index is 12.3. The summed E-state index contributed by atoms with van der Waals surface area (Å²) < 4.78 is 0. The molecule has 0 aliphatic heterocycles. The summed E-state index contributed by atoms with van der Waals surface area (Å²) in [6, 6.07) is 14.4. The Morgan fingerprint density at radius 3 is 2.15 bits per heavy atom. The summed E-state index contributed by atoms with van der Waals surface area (Å²) in [6.07, 6.45) is 0.423. The van der Waals surface area contributed by atoms with E-state index in [4.69, 9.17) is 0 Å². The number of rotatable bonds is 9. The molecular formula is C22H32N4O. The van der Waals surface area contributed by atoms with Crippen molar-refractivity contribution in [3.63, 3.8) is 0 Å². The Morgan fingerprint density at radius 2 is 1.59 bits per heavy atom. The van der Waals surface area contributed by atoms with Gasteiger partial charge in [-0.1, -0.05) is 0 Å². The standard InChI is InChI=1S/C22H32N4O/c1-6-26(7-2)20-12-13-21(17(3)16-20)24-22(27)14-15-23-18-8-10-19(11-9-18)25(4)5/h8-13,16,23H,6-7,14-15H2,1-5H3,(H,24,27). The first-order chi connectivity index (χ1) is 12.9. The molecule has 0 heterocycles. The number of nitrogens with zero attached hydrogens (tertiary/aromatic N) is 2. The van der Waals surface area contributed by atoms with Crippen LogP contribution in [0.5, 0.6) is 0 Å². The van der Waals surface area contributed by atoms with E-state index in [1.165, 1.54) is 5.69 Å². The van der Waals surface area contributed by atoms with Gasteiger partial charge in [-0.25, -0.2) is 0 Å². The lowest BCUT2D eigenvalue weighted by atomic mass is 10.1. The maximum Gasteiger partial charge on any atom is 0.226 e. The molecular weight excluding hydrogens is 336 g/mol. The molecule has 2 aromatic rings. The van der Waals surface area contributed by atoms with Crippen LogP contribution in [0.15, 0.2) is 42.5 Å². The number of carbonyl (C=O) groups excluding carboxylic acids is 1. The van der Waals surface area contributed by atoms with E-state index >= 15 is 0 Å². The average molecular weight is 369 g/mol. The smallest absolute Gasteiger partial charge is 0.226 e. The predicted molar refractivity (Wildman–Crippen MR) is 117 cm³/mol. The van der Waals surface area contributed by atoms with Crippen molar-refractivity contribution in [3.05, 3.63) is 48.0 Å². The third-order valence-electron chi connectivity index (χ3n) is 4.68. The zero-order valence-electron chi connectivity index (χ0n) is 17.2. The van der Waals surface area contributed by atoms with E-state index in [0.717, 1.165) is 35.7 Å². The molecule has 2 aromatic carbocycles. The summed E-state index contributed by atoms with van der Waals surface area (Å²) in [5.41, 5.74) is 5.33. The van der Waals surface area contributed by atoms with Gasteiger partial charge in [0, 0.05) is 62.9 Å². The van der Waals surface area contributed by atoms with Gasteiger partial charge in [0.15, 0.2) is 0 Å². The van der Waals surface area contributed by atoms with Crippen molar-refractivity contribution in [1.82, 2.24) is 0 Å². The number of carbonyl (C=O) groups is 1. The Kier molecular flexibility index (Phi) is 7.53. The van der Waals surface area contributed by atoms with Gasteiger partial charge in [-0.3, -0.25) is 4.79 Å². The van der Waals surface area contributed by atoms with Gasteiger partial charge in [0.2, 0.25) is 5.91 Å². The second kappa shape index (κ2) is 9.86. The second-order valence-corrected chi connectivity index (χ2v) is 6.84. The SMILES string of the molecule is CCN(CC)c1ccc(NC(=O)CCNc2ccc(N(C)C)cc2)c(C)c1. The molecule has 0 saturated carbocycles. The molecule has 0 spiro atoms. The van der Waals surface area contributed by atoms with Crippen LogP contribution >= 0.6 is 0 Å². The van der Waals surface area contributed by atoms with E-state index in [-0.39, 0.29) is 5.91 Å². The van der Waals surface area contributed by atoms with Crippen LogP contribution in [0.1, 0.15) is 25.8 Å². The van der Waals surface area contributed by atoms with E-state index in [2.05, 4.69) is 58.5 Å². The van der Waals surface area contributed by atoms with Crippen LogP contribution in [0, 0.1) is 6.92 Å². The first-order valence-electron chi connectivity index (χ1n) is 9.61. The van der Waals surface area contributed by atoms with Gasteiger partial charge in [-0.2, -0.15) is 0 Å². The van der Waals surface area contributed by atoms with Crippen LogP contribution < -0.4 is 20.4 Å². The lowest BCUT2D eigenvalue weighted by Gasteiger charge is -2.22. The lowest BCUT2D eigenvalue weighted by Crippen LogP contribution is -2.22. The molecule has 0 atom stereocenters. The van der Waals surface area contributed by atoms with Gasteiger partial charge in [0.25, 0.3) is 0 Å². The molecule has 0 aromatic heterocycles. The minimum Gasteiger partial charge on any atom is -0.385 e. The third-order valence-corrected chi connectivity index (χ3v) is 4.68. The van der Waals surface area contributed by atoms with Crippen molar-refractivity contribution in [3.8, 4) is 0 Å². The molecule has 5 heteroatoms. The zero-order chi connectivity index (χ0) is 19.8. The molecule has 2 N–H and O–H groups in total. The van der Waals surface area contributed by atoms with Crippen molar-refractivity contribution in [2.24, 2.45) is 0 Å². The van der Waals surface area contributed by atoms with E-state index in [1.54, 1.807) is 0 Å². The monoisotopic (exact) mass is 368 g/mol. The summed E-state index contributed by atoms with van der Waals surface area (Å²) in [4.78, 5) is 16.6. The Bertz CT molecular complexity index is 736. The summed E-state index contributed by atoms with van der Waals surface area (Å²) in [5.74, 6) is 0.0195. The molecule has 2 rings (SSSR count). The van der Waals surface area contributed by atoms with Crippen LogP contribution in [-0.2, 0) is 4.79 Å². The van der Waals surface area contributed by atoms with Crippen LogP contribution in [0.4, 0.5) is 22.7 Å². The molecule has 0 unspecified atom stereocenters. The van der Waals surface area contributed by atoms with Gasteiger partial charge in [-0.15, -0.1) is 0 Å². The number of amides is 1. The number of hydrogen-bond donors (Lipinski definition) is 2. The molecule has 0 fully saturated rings. The van der Waals surface area contributed by atoms with E-state index in [9.17, 15) is 4.79 Å². The number of benzene rings is 2. The predicted octanol–water partition coefficient (Wildman–Crippen LogP) is 4.35. The number of anilines is 4. The van der Waals surface area contributed by atoms with Gasteiger partial charge in [0.05, 0.1) is 0 Å². The van der Waals surface area contributed by atoms with Crippen molar-refractivity contribution >= 4 is 28.7 Å². The fourth-order valence-corrected chi connectivity index (χ4v) is 2.98. The van der Waals surface area contributed by atoms with Crippen LogP contribution in [0.25, 0.3) is 0 Å². The molecule has 0 radical (unpaired) electrons. The average Bonchev–Trinajstić information content (AvgIpc) is 2.65. The first-order valence-corrected chi connectivity index (χ1v) is 9.61. The van der Waals surface area contributed by atoms with Crippen LogP contribution in [-0.4, -0.2) is 39.6 Å². The Hall–Kier alpha value is -2.69. The highest BCUT2D eigenvalue weighted by molar-refractivity contribution is 5.92. The number of hydrogen-bond acceptors (Lipinski definition) is 4. The molecule has 146 valence electrons. The minimum absolute atomic E-state index is 0.0195. The quantitative estimate of drug-likeness (QED) is 0.691. The summed E-state index contributed by atoms with van der Waals surface area (Å²) in [6.45, 7) is 8.88. The fraction of sp³-hybridized carbons (Fsp3) is 0.409. The van der Waals surface area contributed by atoms with Gasteiger partial charge in [0.1, 0.15) is 0 Å². The van der Waals surface area contributed by atoms with Crippen LogP contribution in [0.3, 0.4) is 0 Å². The zero-order valence-corrected chi connectivity index (χ0v) is 17.2. The fourth-order valence-electron chi connectivity index (χ4n) is 2.98. The topological polar surface area (TPSA) is 47.6 Å². The third kappa shape index (κ3) is 5.91. The Balaban J connectivity index is 1.85. The number of aryl methyl sites for hydroxylation is 1. The van der Waals surface area contributed by atoms with E-state index in [0.29, 0.717) is 13.0 Å². The highest BCUT2D eigenvalue weighted by Crippen LogP contribution is 2.23. The molecule has 1 amide bonds. The highest BCUT2D eigenvalue weighted by Gasteiger charge is 2.08. The van der Waals surface area contributed by atoms with Crippen molar-refractivity contribution in [2.75, 3.05) is 54.2 Å². The van der Waals surface area contributed by atoms with Gasteiger partial charge >= 0.3 is 0 Å². The maximum atomic E-state index is 12.3. The molecule has 0 bridgehead atoms. The summed E-state index contributed by atoms with van der Waals surface area (Å²) in [7, 11) is 4.03. The molecule has 0 saturated heterocycles. The van der Waals surface area contributed by atoms with Crippen molar-refractivity contribution in [2.45, 2.75) is 27.2 Å². The molecule has 5 nitrogen and oxygen atoms in total. The molecule has 27 heavy (non-hydrogen) atoms. The van der Waals surface area contributed by atoms with Crippen molar-refractivity contribution in [1.29, 1.82) is 0 Å². The van der Waals surface area contributed by atoms with Gasteiger partial charge in [-0.05, 0) is 68.8 Å². The highest BCUT2D eigenvalue weighted by atomic mass is 16.1. The second-order valence-electron chi connectivity index (χ2n) is 6.84. The first kappa shape index (κ1) is 20.6. The van der Waals surface area contributed by atoms with Gasteiger partial charge < -0.3 is 20.4 Å². The van der Waals surface area contributed by atoms with Crippen molar-refractivity contribution < 1.29 is 4.79 Å². The molecule has 0 aliphatic rings. The lowest BCUT2D eigenvalue weighted by molar-refractivity contribution is -0.115. The number of nitrogens with one attached hydrogen (secondary N) is 2. The summed E-state index contributed by atoms with van der Waals surface area (Å²) in [5, 5.41) is 6.31. The van der Waals surface area contributed by atoms with Crippen LogP contribution in [0.2, 0.25) is 0 Å². The Labute approximate surface area is 163 Å². The molecule has 0 aliphatic carbocycles. The van der Waals surface area contributed by atoms with E-state index < -0.39 is 0 Å². The minimum atomic E-state index is 0.0195.